The largest absolute Gasteiger partial charge is 0.465 e. The van der Waals surface area contributed by atoms with Gasteiger partial charge in [-0.25, -0.2) is 0 Å². The molecule has 1 aromatic carbocycles. The number of hydrogen-bond donors (Lipinski definition) is 1. The lowest BCUT2D eigenvalue weighted by atomic mass is 9.98. The summed E-state index contributed by atoms with van der Waals surface area (Å²) in [6.45, 7) is 1.85. The first-order valence-electron chi connectivity index (χ1n) is 5.44. The van der Waals surface area contributed by atoms with Gasteiger partial charge in [0.1, 0.15) is 0 Å². The average Bonchev–Trinajstić information content (AvgIpc) is 2.30. The number of alkyl halides is 3. The summed E-state index contributed by atoms with van der Waals surface area (Å²) in [5.74, 6) is -1.26. The van der Waals surface area contributed by atoms with Gasteiger partial charge in [0, 0.05) is 6.54 Å². The summed E-state index contributed by atoms with van der Waals surface area (Å²) in [6, 6.07) is 4.35. The quantitative estimate of drug-likeness (QED) is 0.846. The van der Waals surface area contributed by atoms with Gasteiger partial charge in [0.25, 0.3) is 0 Å². The van der Waals surface area contributed by atoms with Crippen LogP contribution in [0, 0.1) is 0 Å². The predicted molar refractivity (Wildman–Crippen MR) is 59.9 cm³/mol. The zero-order valence-electron chi connectivity index (χ0n) is 9.83. The van der Waals surface area contributed by atoms with Crippen molar-refractivity contribution >= 4 is 5.97 Å². The molecule has 1 unspecified atom stereocenters. The van der Waals surface area contributed by atoms with E-state index in [0.29, 0.717) is 5.56 Å². The van der Waals surface area contributed by atoms with Crippen LogP contribution >= 0.6 is 0 Å². The molecule has 0 spiro atoms. The minimum absolute atomic E-state index is 0.00972. The summed E-state index contributed by atoms with van der Waals surface area (Å²) >= 11 is 0. The predicted octanol–water partition coefficient (Wildman–Crippen LogP) is 2.31. The maximum absolute atomic E-state index is 12.4. The van der Waals surface area contributed by atoms with E-state index < -0.39 is 23.6 Å². The molecule has 2 N–H and O–H groups in total. The van der Waals surface area contributed by atoms with Crippen molar-refractivity contribution in [2.24, 2.45) is 5.73 Å². The lowest BCUT2D eigenvalue weighted by Gasteiger charge is -2.14. The lowest BCUT2D eigenvalue weighted by molar-refractivity contribution is -0.144. The van der Waals surface area contributed by atoms with E-state index in [4.69, 9.17) is 10.5 Å². The molecule has 0 fully saturated rings. The topological polar surface area (TPSA) is 52.3 Å². The van der Waals surface area contributed by atoms with Crippen molar-refractivity contribution in [2.75, 3.05) is 13.2 Å². The second-order valence-corrected chi connectivity index (χ2v) is 3.66. The maximum atomic E-state index is 12.4. The van der Waals surface area contributed by atoms with E-state index in [1.54, 1.807) is 6.92 Å². The first kappa shape index (κ1) is 14.5. The highest BCUT2D eigenvalue weighted by atomic mass is 19.4. The Kier molecular flexibility index (Phi) is 4.72. The molecule has 100 valence electrons. The average molecular weight is 261 g/mol. The smallest absolute Gasteiger partial charge is 0.416 e. The van der Waals surface area contributed by atoms with Gasteiger partial charge in [-0.05, 0) is 24.6 Å². The molecule has 1 atom stereocenters. The summed E-state index contributed by atoms with van der Waals surface area (Å²) < 4.78 is 41.9. The molecule has 0 saturated carbocycles. The van der Waals surface area contributed by atoms with Gasteiger partial charge in [-0.2, -0.15) is 13.2 Å². The molecule has 0 radical (unpaired) electrons. The Hall–Kier alpha value is -1.56. The monoisotopic (exact) mass is 261 g/mol. The van der Waals surface area contributed by atoms with Crippen LogP contribution in [0.5, 0.6) is 0 Å². The van der Waals surface area contributed by atoms with Crippen LogP contribution in [0.25, 0.3) is 0 Å². The number of hydrogen-bond acceptors (Lipinski definition) is 3. The number of rotatable bonds is 4. The van der Waals surface area contributed by atoms with Crippen molar-refractivity contribution in [1.82, 2.24) is 0 Å². The third-order valence-electron chi connectivity index (χ3n) is 2.45. The molecule has 6 heteroatoms. The minimum atomic E-state index is -4.39. The van der Waals surface area contributed by atoms with Crippen LogP contribution in [0.2, 0.25) is 0 Å². The van der Waals surface area contributed by atoms with Crippen molar-refractivity contribution in [3.05, 3.63) is 35.4 Å². The summed E-state index contributed by atoms with van der Waals surface area (Å²) in [7, 11) is 0. The van der Waals surface area contributed by atoms with Gasteiger partial charge in [-0.3, -0.25) is 4.79 Å². The highest BCUT2D eigenvalue weighted by Crippen LogP contribution is 2.30. The van der Waals surface area contributed by atoms with Crippen molar-refractivity contribution < 1.29 is 22.7 Å². The molecule has 0 aliphatic rings. The molecule has 0 saturated heterocycles. The van der Waals surface area contributed by atoms with Crippen LogP contribution in [0.3, 0.4) is 0 Å². The highest BCUT2D eigenvalue weighted by Gasteiger charge is 2.30. The van der Waals surface area contributed by atoms with Crippen LogP contribution in [0.4, 0.5) is 13.2 Å². The Balaban J connectivity index is 2.92. The first-order chi connectivity index (χ1) is 8.40. The van der Waals surface area contributed by atoms with Gasteiger partial charge in [0.15, 0.2) is 0 Å². The van der Waals surface area contributed by atoms with E-state index in [0.717, 1.165) is 12.1 Å². The fraction of sp³-hybridized carbons (Fsp3) is 0.417. The van der Waals surface area contributed by atoms with Crippen LogP contribution < -0.4 is 5.73 Å². The SMILES string of the molecule is CCOC(=O)C(CN)c1ccc(C(F)(F)F)cc1. The zero-order valence-corrected chi connectivity index (χ0v) is 9.83. The maximum Gasteiger partial charge on any atom is 0.416 e. The Morgan fingerprint density at radius 2 is 1.89 bits per heavy atom. The van der Waals surface area contributed by atoms with E-state index in [1.165, 1.54) is 12.1 Å². The Morgan fingerprint density at radius 1 is 1.33 bits per heavy atom. The molecular weight excluding hydrogens is 247 g/mol. The normalized spacial score (nSPS) is 13.2. The number of carbonyl (C=O) groups is 1. The van der Waals surface area contributed by atoms with E-state index in [2.05, 4.69) is 0 Å². The van der Waals surface area contributed by atoms with Gasteiger partial charge in [-0.15, -0.1) is 0 Å². The summed E-state index contributed by atoms with van der Waals surface area (Å²) in [4.78, 5) is 11.5. The van der Waals surface area contributed by atoms with E-state index in [-0.39, 0.29) is 13.2 Å². The minimum Gasteiger partial charge on any atom is -0.465 e. The summed E-state index contributed by atoms with van der Waals surface area (Å²) in [5, 5.41) is 0. The molecule has 1 rings (SSSR count). The fourth-order valence-corrected chi connectivity index (χ4v) is 1.52. The molecule has 0 aliphatic heterocycles. The standard InChI is InChI=1S/C12H14F3NO2/c1-2-18-11(17)10(7-16)8-3-5-9(6-4-8)12(13,14)15/h3-6,10H,2,7,16H2,1H3. The third-order valence-corrected chi connectivity index (χ3v) is 2.45. The first-order valence-corrected chi connectivity index (χ1v) is 5.44. The van der Waals surface area contributed by atoms with E-state index in [9.17, 15) is 18.0 Å². The highest BCUT2D eigenvalue weighted by molar-refractivity contribution is 5.78. The molecule has 0 aromatic heterocycles. The van der Waals surface area contributed by atoms with Gasteiger partial charge < -0.3 is 10.5 Å². The van der Waals surface area contributed by atoms with Crippen molar-refractivity contribution in [2.45, 2.75) is 19.0 Å². The van der Waals surface area contributed by atoms with E-state index in [1.807, 2.05) is 0 Å². The molecule has 1 aromatic rings. The Bertz CT molecular complexity index is 401. The second-order valence-electron chi connectivity index (χ2n) is 3.66. The van der Waals surface area contributed by atoms with Crippen molar-refractivity contribution in [3.63, 3.8) is 0 Å². The third kappa shape index (κ3) is 3.46. The summed E-state index contributed by atoms with van der Waals surface area (Å²) in [5.41, 5.74) is 5.10. The number of benzene rings is 1. The molecule has 0 amide bonds. The van der Waals surface area contributed by atoms with Crippen LogP contribution in [0.1, 0.15) is 24.0 Å². The number of esters is 1. The molecule has 18 heavy (non-hydrogen) atoms. The molecule has 0 aliphatic carbocycles. The van der Waals surface area contributed by atoms with Crippen LogP contribution in [0.15, 0.2) is 24.3 Å². The number of ether oxygens (including phenoxy) is 1. The molecule has 0 bridgehead atoms. The number of carbonyl (C=O) groups excluding carboxylic acids is 1. The molecule has 0 heterocycles. The fourth-order valence-electron chi connectivity index (χ4n) is 1.52. The molecule has 3 nitrogen and oxygen atoms in total. The van der Waals surface area contributed by atoms with Crippen LogP contribution in [-0.2, 0) is 15.7 Å². The van der Waals surface area contributed by atoms with E-state index >= 15 is 0 Å². The Morgan fingerprint density at radius 3 is 2.28 bits per heavy atom. The van der Waals surface area contributed by atoms with Gasteiger partial charge in [-0.1, -0.05) is 12.1 Å². The van der Waals surface area contributed by atoms with Crippen molar-refractivity contribution in [1.29, 1.82) is 0 Å². The number of nitrogens with two attached hydrogens (primary N) is 1. The second kappa shape index (κ2) is 5.86. The van der Waals surface area contributed by atoms with Crippen molar-refractivity contribution in [3.8, 4) is 0 Å². The van der Waals surface area contributed by atoms with Gasteiger partial charge in [0.2, 0.25) is 0 Å². The van der Waals surface area contributed by atoms with Gasteiger partial charge in [0.05, 0.1) is 18.1 Å². The number of halogens is 3. The lowest BCUT2D eigenvalue weighted by Crippen LogP contribution is -2.23. The molecular formula is C12H14F3NO2. The summed E-state index contributed by atoms with van der Waals surface area (Å²) in [6.07, 6.45) is -4.39. The van der Waals surface area contributed by atoms with Gasteiger partial charge >= 0.3 is 12.1 Å². The Labute approximate surface area is 103 Å². The zero-order chi connectivity index (χ0) is 13.8. The van der Waals surface area contributed by atoms with Crippen LogP contribution in [-0.4, -0.2) is 19.1 Å².